The van der Waals surface area contributed by atoms with Gasteiger partial charge in [-0.25, -0.2) is 0 Å². The Kier molecular flexibility index (Phi) is 6.14. The second-order valence-electron chi connectivity index (χ2n) is 5.53. The van der Waals surface area contributed by atoms with Crippen LogP contribution in [0, 0.1) is 18.3 Å². The number of amides is 2. The van der Waals surface area contributed by atoms with Gasteiger partial charge >= 0.3 is 11.8 Å². The van der Waals surface area contributed by atoms with Gasteiger partial charge < -0.3 is 15.7 Å². The van der Waals surface area contributed by atoms with Gasteiger partial charge in [-0.1, -0.05) is 32.3 Å². The highest BCUT2D eigenvalue weighted by atomic mass is 16.3. The standard InChI is InChI=1S/C17H22N2O3/c1-5-12(3)17(4,22)11-18-15(20)16(21)19-14-9-7-8-13(6-2)10-14/h2,7-10,12,22H,5,11H2,1,3-4H3,(H,18,20)(H,19,21)/t12-,17-/m0/s1. The van der Waals surface area contributed by atoms with E-state index in [4.69, 9.17) is 6.42 Å². The third kappa shape index (κ3) is 4.90. The van der Waals surface area contributed by atoms with E-state index in [1.54, 1.807) is 31.2 Å². The minimum atomic E-state index is -1.06. The maximum Gasteiger partial charge on any atom is 0.313 e. The average Bonchev–Trinajstić information content (AvgIpc) is 2.51. The lowest BCUT2D eigenvalue weighted by atomic mass is 9.89. The van der Waals surface area contributed by atoms with Gasteiger partial charge in [0, 0.05) is 17.8 Å². The Morgan fingerprint density at radius 2 is 2.09 bits per heavy atom. The molecule has 0 aliphatic carbocycles. The third-order valence-corrected chi connectivity index (χ3v) is 3.77. The zero-order valence-corrected chi connectivity index (χ0v) is 13.1. The van der Waals surface area contributed by atoms with E-state index in [0.29, 0.717) is 11.3 Å². The average molecular weight is 302 g/mol. The van der Waals surface area contributed by atoms with Gasteiger partial charge in [0.15, 0.2) is 0 Å². The fraction of sp³-hybridized carbons (Fsp3) is 0.412. The van der Waals surface area contributed by atoms with Gasteiger partial charge in [0.05, 0.1) is 5.60 Å². The highest BCUT2D eigenvalue weighted by Crippen LogP contribution is 2.18. The molecule has 0 aliphatic rings. The van der Waals surface area contributed by atoms with Crippen molar-refractivity contribution in [3.05, 3.63) is 29.8 Å². The molecular weight excluding hydrogens is 280 g/mol. The van der Waals surface area contributed by atoms with E-state index in [0.717, 1.165) is 6.42 Å². The zero-order valence-electron chi connectivity index (χ0n) is 13.1. The molecule has 0 unspecified atom stereocenters. The molecule has 3 N–H and O–H groups in total. The fourth-order valence-electron chi connectivity index (χ4n) is 1.83. The Morgan fingerprint density at radius 1 is 1.41 bits per heavy atom. The van der Waals surface area contributed by atoms with E-state index in [2.05, 4.69) is 16.6 Å². The second kappa shape index (κ2) is 7.62. The number of aliphatic hydroxyl groups is 1. The number of terminal acetylenes is 1. The van der Waals surface area contributed by atoms with Crippen molar-refractivity contribution in [2.75, 3.05) is 11.9 Å². The van der Waals surface area contributed by atoms with Crippen molar-refractivity contribution in [2.24, 2.45) is 5.92 Å². The van der Waals surface area contributed by atoms with Crippen LogP contribution in [0.2, 0.25) is 0 Å². The molecule has 5 heteroatoms. The van der Waals surface area contributed by atoms with E-state index < -0.39 is 17.4 Å². The Balaban J connectivity index is 2.59. The molecule has 0 saturated carbocycles. The molecule has 0 radical (unpaired) electrons. The van der Waals surface area contributed by atoms with Gasteiger partial charge in [0.25, 0.3) is 0 Å². The summed E-state index contributed by atoms with van der Waals surface area (Å²) in [5.74, 6) is 0.858. The first-order valence-electron chi connectivity index (χ1n) is 7.18. The molecule has 1 aromatic rings. The summed E-state index contributed by atoms with van der Waals surface area (Å²) >= 11 is 0. The zero-order chi connectivity index (χ0) is 16.8. The summed E-state index contributed by atoms with van der Waals surface area (Å²) in [6.07, 6.45) is 6.05. The van der Waals surface area contributed by atoms with Gasteiger partial charge in [-0.3, -0.25) is 9.59 Å². The first kappa shape index (κ1) is 17.7. The van der Waals surface area contributed by atoms with Crippen LogP contribution in [0.15, 0.2) is 24.3 Å². The van der Waals surface area contributed by atoms with E-state index in [9.17, 15) is 14.7 Å². The predicted octanol–water partition coefficient (Wildman–Crippen LogP) is 1.52. The van der Waals surface area contributed by atoms with Crippen LogP contribution in [0.4, 0.5) is 5.69 Å². The number of nitrogens with one attached hydrogen (secondary N) is 2. The summed E-state index contributed by atoms with van der Waals surface area (Å²) in [7, 11) is 0. The van der Waals surface area contributed by atoms with Crippen LogP contribution >= 0.6 is 0 Å². The van der Waals surface area contributed by atoms with Crippen molar-refractivity contribution in [1.82, 2.24) is 5.32 Å². The van der Waals surface area contributed by atoms with Gasteiger partial charge in [0.2, 0.25) is 0 Å². The summed E-state index contributed by atoms with van der Waals surface area (Å²) in [5, 5.41) is 15.1. The highest BCUT2D eigenvalue weighted by Gasteiger charge is 2.28. The van der Waals surface area contributed by atoms with Crippen LogP contribution < -0.4 is 10.6 Å². The summed E-state index contributed by atoms with van der Waals surface area (Å²) < 4.78 is 0. The number of anilines is 1. The molecule has 0 fully saturated rings. The van der Waals surface area contributed by atoms with Crippen molar-refractivity contribution in [3.8, 4) is 12.3 Å². The molecule has 0 heterocycles. The van der Waals surface area contributed by atoms with Gasteiger partial charge in [-0.2, -0.15) is 0 Å². The number of carbonyl (C=O) groups is 2. The van der Waals surface area contributed by atoms with Crippen molar-refractivity contribution in [3.63, 3.8) is 0 Å². The molecule has 22 heavy (non-hydrogen) atoms. The molecule has 0 bridgehead atoms. The van der Waals surface area contributed by atoms with E-state index in [-0.39, 0.29) is 12.5 Å². The lowest BCUT2D eigenvalue weighted by molar-refractivity contribution is -0.137. The molecule has 0 spiro atoms. The maximum atomic E-state index is 11.8. The molecule has 2 amide bonds. The van der Waals surface area contributed by atoms with E-state index >= 15 is 0 Å². The minimum absolute atomic E-state index is 0.00294. The van der Waals surface area contributed by atoms with E-state index in [1.807, 2.05) is 13.8 Å². The predicted molar refractivity (Wildman–Crippen MR) is 86.1 cm³/mol. The van der Waals surface area contributed by atoms with Crippen molar-refractivity contribution in [1.29, 1.82) is 0 Å². The van der Waals surface area contributed by atoms with Crippen LogP contribution in [0.3, 0.4) is 0 Å². The van der Waals surface area contributed by atoms with Gasteiger partial charge in [-0.15, -0.1) is 6.42 Å². The van der Waals surface area contributed by atoms with Gasteiger partial charge in [0.1, 0.15) is 0 Å². The first-order chi connectivity index (χ1) is 10.3. The summed E-state index contributed by atoms with van der Waals surface area (Å²) in [6.45, 7) is 5.48. The lowest BCUT2D eigenvalue weighted by Gasteiger charge is -2.29. The summed E-state index contributed by atoms with van der Waals surface area (Å²) in [4.78, 5) is 23.6. The first-order valence-corrected chi connectivity index (χ1v) is 7.18. The number of hydrogen-bond acceptors (Lipinski definition) is 3. The highest BCUT2D eigenvalue weighted by molar-refractivity contribution is 6.39. The Morgan fingerprint density at radius 3 is 2.68 bits per heavy atom. The fourth-order valence-corrected chi connectivity index (χ4v) is 1.83. The number of benzene rings is 1. The molecule has 2 atom stereocenters. The van der Waals surface area contributed by atoms with Crippen molar-refractivity contribution >= 4 is 17.5 Å². The Bertz CT molecular complexity index is 588. The molecule has 5 nitrogen and oxygen atoms in total. The third-order valence-electron chi connectivity index (χ3n) is 3.77. The van der Waals surface area contributed by atoms with Crippen LogP contribution in [-0.4, -0.2) is 29.1 Å². The summed E-state index contributed by atoms with van der Waals surface area (Å²) in [6, 6.07) is 6.65. The molecule has 1 rings (SSSR count). The summed E-state index contributed by atoms with van der Waals surface area (Å²) in [5.41, 5.74) is -0.00384. The Labute approximate surface area is 131 Å². The normalized spacial score (nSPS) is 14.3. The SMILES string of the molecule is C#Cc1cccc(NC(=O)C(=O)NC[C@](C)(O)[C@@H](C)CC)c1. The molecule has 0 saturated heterocycles. The van der Waals surface area contributed by atoms with Crippen LogP contribution in [0.1, 0.15) is 32.8 Å². The van der Waals surface area contributed by atoms with Crippen LogP contribution in [-0.2, 0) is 9.59 Å². The maximum absolute atomic E-state index is 11.8. The largest absolute Gasteiger partial charge is 0.388 e. The van der Waals surface area contributed by atoms with Crippen molar-refractivity contribution in [2.45, 2.75) is 32.8 Å². The smallest absolute Gasteiger partial charge is 0.313 e. The van der Waals surface area contributed by atoms with E-state index in [1.165, 1.54) is 0 Å². The minimum Gasteiger partial charge on any atom is -0.388 e. The second-order valence-corrected chi connectivity index (χ2v) is 5.53. The van der Waals surface area contributed by atoms with Crippen molar-refractivity contribution < 1.29 is 14.7 Å². The van der Waals surface area contributed by atoms with Gasteiger partial charge in [-0.05, 0) is 31.0 Å². The molecule has 1 aromatic carbocycles. The Hall–Kier alpha value is -2.32. The molecular formula is C17H22N2O3. The topological polar surface area (TPSA) is 78.4 Å². The molecule has 0 aromatic heterocycles. The molecule has 0 aliphatic heterocycles. The quantitative estimate of drug-likeness (QED) is 0.570. The number of hydrogen-bond donors (Lipinski definition) is 3. The monoisotopic (exact) mass is 302 g/mol. The lowest BCUT2D eigenvalue weighted by Crippen LogP contribution is -2.47. The van der Waals surface area contributed by atoms with Crippen LogP contribution in [0.25, 0.3) is 0 Å². The van der Waals surface area contributed by atoms with Crippen LogP contribution in [0.5, 0.6) is 0 Å². The molecule has 118 valence electrons. The number of rotatable bonds is 5. The number of carbonyl (C=O) groups excluding carboxylic acids is 2.